The molecule has 0 unspecified atom stereocenters. The summed E-state index contributed by atoms with van der Waals surface area (Å²) in [6, 6.07) is 6.12. The molecule has 0 aliphatic carbocycles. The van der Waals surface area contributed by atoms with E-state index in [4.69, 9.17) is 5.11 Å². The largest absolute Gasteiger partial charge is 0.396 e. The highest BCUT2D eigenvalue weighted by Crippen LogP contribution is 2.23. The molecule has 5 heteroatoms. The molecule has 21 heavy (non-hydrogen) atoms. The molecule has 1 aliphatic rings. The Morgan fingerprint density at radius 3 is 2.86 bits per heavy atom. The number of aliphatic hydroxyl groups excluding tert-OH is 1. The zero-order valence-corrected chi connectivity index (χ0v) is 11.6. The average molecular weight is 288 g/mol. The van der Waals surface area contributed by atoms with Crippen LogP contribution in [0.25, 0.3) is 10.9 Å². The van der Waals surface area contributed by atoms with Gasteiger partial charge in [0.15, 0.2) is 0 Å². The quantitative estimate of drug-likeness (QED) is 0.922. The average Bonchev–Trinajstić information content (AvgIpc) is 2.53. The first-order chi connectivity index (χ1) is 10.2. The summed E-state index contributed by atoms with van der Waals surface area (Å²) in [5.41, 5.74) is 0.848. The number of likely N-dealkylation sites (tertiary alicyclic amines) is 1. The maximum atomic E-state index is 13.7. The zero-order valence-electron chi connectivity index (χ0n) is 11.6. The van der Waals surface area contributed by atoms with Crippen LogP contribution in [0.2, 0.25) is 0 Å². The van der Waals surface area contributed by atoms with Crippen LogP contribution in [0.3, 0.4) is 0 Å². The van der Waals surface area contributed by atoms with Crippen molar-refractivity contribution in [2.45, 2.75) is 12.8 Å². The number of rotatable bonds is 2. The highest BCUT2D eigenvalue weighted by atomic mass is 19.1. The summed E-state index contributed by atoms with van der Waals surface area (Å²) in [4.78, 5) is 18.6. The van der Waals surface area contributed by atoms with Crippen molar-refractivity contribution in [2.75, 3.05) is 19.7 Å². The fourth-order valence-corrected chi connectivity index (χ4v) is 2.81. The Hall–Kier alpha value is -2.01. The lowest BCUT2D eigenvalue weighted by molar-refractivity contribution is 0.0652. The number of hydrogen-bond donors (Lipinski definition) is 1. The molecule has 0 saturated carbocycles. The number of benzene rings is 1. The second-order valence-corrected chi connectivity index (χ2v) is 5.45. The van der Waals surface area contributed by atoms with E-state index in [0.717, 1.165) is 12.8 Å². The zero-order chi connectivity index (χ0) is 14.8. The molecule has 2 aromatic rings. The number of hydrogen-bond acceptors (Lipinski definition) is 3. The summed E-state index contributed by atoms with van der Waals surface area (Å²) in [6.45, 7) is 1.34. The van der Waals surface area contributed by atoms with Gasteiger partial charge in [0.25, 0.3) is 5.91 Å². The minimum atomic E-state index is -0.427. The molecule has 0 atom stereocenters. The maximum Gasteiger partial charge on any atom is 0.256 e. The molecule has 0 spiro atoms. The summed E-state index contributed by atoms with van der Waals surface area (Å²) in [7, 11) is 0. The van der Waals surface area contributed by atoms with Crippen molar-refractivity contribution in [1.82, 2.24) is 9.88 Å². The third-order valence-electron chi connectivity index (χ3n) is 4.06. The Bertz CT molecular complexity index is 666. The van der Waals surface area contributed by atoms with Crippen molar-refractivity contribution in [3.8, 4) is 0 Å². The number of aromatic nitrogens is 1. The van der Waals surface area contributed by atoms with Crippen LogP contribution in [0.5, 0.6) is 0 Å². The third kappa shape index (κ3) is 2.74. The number of carbonyl (C=O) groups is 1. The summed E-state index contributed by atoms with van der Waals surface area (Å²) in [5, 5.41) is 9.78. The van der Waals surface area contributed by atoms with Gasteiger partial charge in [0.1, 0.15) is 5.82 Å². The Labute approximate surface area is 122 Å². The van der Waals surface area contributed by atoms with Gasteiger partial charge in [0.05, 0.1) is 11.1 Å². The first kappa shape index (κ1) is 13.9. The maximum absolute atomic E-state index is 13.7. The van der Waals surface area contributed by atoms with E-state index in [1.807, 2.05) is 0 Å². The van der Waals surface area contributed by atoms with Crippen LogP contribution in [0.1, 0.15) is 23.2 Å². The van der Waals surface area contributed by atoms with Crippen LogP contribution in [0.15, 0.2) is 30.5 Å². The fraction of sp³-hybridized carbons (Fsp3) is 0.375. The highest BCUT2D eigenvalue weighted by Gasteiger charge is 2.25. The van der Waals surface area contributed by atoms with Gasteiger partial charge in [-0.25, -0.2) is 4.39 Å². The number of nitrogens with zero attached hydrogens (tertiary/aromatic N) is 2. The number of pyridine rings is 1. The Morgan fingerprint density at radius 1 is 1.38 bits per heavy atom. The number of halogens is 1. The molecule has 3 rings (SSSR count). The topological polar surface area (TPSA) is 53.4 Å². The highest BCUT2D eigenvalue weighted by molar-refractivity contribution is 6.05. The number of aliphatic hydroxyl groups is 1. The van der Waals surface area contributed by atoms with Gasteiger partial charge in [-0.15, -0.1) is 0 Å². The molecule has 2 heterocycles. The van der Waals surface area contributed by atoms with Gasteiger partial charge >= 0.3 is 0 Å². The van der Waals surface area contributed by atoms with Crippen LogP contribution in [-0.2, 0) is 0 Å². The fourth-order valence-electron chi connectivity index (χ4n) is 2.81. The first-order valence-electron chi connectivity index (χ1n) is 7.13. The molecule has 0 radical (unpaired) electrons. The van der Waals surface area contributed by atoms with Gasteiger partial charge in [-0.1, -0.05) is 6.07 Å². The number of fused-ring (bicyclic) bond motifs is 1. The van der Waals surface area contributed by atoms with Crippen LogP contribution in [0, 0.1) is 11.7 Å². The lowest BCUT2D eigenvalue weighted by Gasteiger charge is -2.31. The predicted octanol–water partition coefficient (Wildman–Crippen LogP) is 2.22. The van der Waals surface area contributed by atoms with E-state index in [2.05, 4.69) is 4.98 Å². The number of amides is 1. The minimum Gasteiger partial charge on any atom is -0.396 e. The molecule has 1 N–H and O–H groups in total. The van der Waals surface area contributed by atoms with E-state index in [9.17, 15) is 9.18 Å². The normalized spacial score (nSPS) is 16.4. The third-order valence-corrected chi connectivity index (χ3v) is 4.06. The van der Waals surface area contributed by atoms with E-state index in [1.165, 1.54) is 12.1 Å². The van der Waals surface area contributed by atoms with Crippen LogP contribution < -0.4 is 0 Å². The molecule has 1 aromatic carbocycles. The smallest absolute Gasteiger partial charge is 0.256 e. The summed E-state index contributed by atoms with van der Waals surface area (Å²) in [5.74, 6) is -0.352. The van der Waals surface area contributed by atoms with E-state index >= 15 is 0 Å². The second-order valence-electron chi connectivity index (χ2n) is 5.45. The lowest BCUT2D eigenvalue weighted by atomic mass is 9.97. The molecule has 1 fully saturated rings. The molecule has 1 amide bonds. The SMILES string of the molecule is O=C(c1cc(F)cc2cccnc12)N1CCC(CO)CC1. The molecule has 1 saturated heterocycles. The van der Waals surface area contributed by atoms with Gasteiger partial charge in [0, 0.05) is 31.3 Å². The molecule has 1 aromatic heterocycles. The van der Waals surface area contributed by atoms with E-state index < -0.39 is 5.82 Å². The minimum absolute atomic E-state index is 0.159. The molecule has 1 aliphatic heterocycles. The monoisotopic (exact) mass is 288 g/mol. The molecule has 110 valence electrons. The Morgan fingerprint density at radius 2 is 2.14 bits per heavy atom. The standard InChI is InChI=1S/C16H17FN2O2/c17-13-8-12-2-1-5-18-15(12)14(9-13)16(21)19-6-3-11(10-20)4-7-19/h1-2,5,8-9,11,20H,3-4,6-7,10H2. The van der Waals surface area contributed by atoms with Crippen LogP contribution >= 0.6 is 0 Å². The van der Waals surface area contributed by atoms with E-state index in [-0.39, 0.29) is 18.4 Å². The molecule has 4 nitrogen and oxygen atoms in total. The van der Waals surface area contributed by atoms with Gasteiger partial charge in [-0.3, -0.25) is 9.78 Å². The summed E-state index contributed by atoms with van der Waals surface area (Å²) in [6.07, 6.45) is 3.17. The van der Waals surface area contributed by atoms with Crippen molar-refractivity contribution in [3.05, 3.63) is 41.8 Å². The molecule has 0 bridgehead atoms. The second kappa shape index (κ2) is 5.77. The van der Waals surface area contributed by atoms with Gasteiger partial charge in [-0.2, -0.15) is 0 Å². The van der Waals surface area contributed by atoms with E-state index in [1.54, 1.807) is 23.2 Å². The lowest BCUT2D eigenvalue weighted by Crippen LogP contribution is -2.39. The number of carbonyl (C=O) groups excluding carboxylic acids is 1. The summed E-state index contributed by atoms with van der Waals surface area (Å²) < 4.78 is 13.7. The first-order valence-corrected chi connectivity index (χ1v) is 7.13. The Kier molecular flexibility index (Phi) is 3.84. The van der Waals surface area contributed by atoms with Crippen LogP contribution in [0.4, 0.5) is 4.39 Å². The van der Waals surface area contributed by atoms with Crippen molar-refractivity contribution >= 4 is 16.8 Å². The Balaban J connectivity index is 1.91. The van der Waals surface area contributed by atoms with Crippen molar-refractivity contribution in [1.29, 1.82) is 0 Å². The van der Waals surface area contributed by atoms with E-state index in [0.29, 0.717) is 29.6 Å². The van der Waals surface area contributed by atoms with Gasteiger partial charge < -0.3 is 10.0 Å². The van der Waals surface area contributed by atoms with Gasteiger partial charge in [0.2, 0.25) is 0 Å². The van der Waals surface area contributed by atoms with Crippen molar-refractivity contribution < 1.29 is 14.3 Å². The predicted molar refractivity (Wildman–Crippen MR) is 77.4 cm³/mol. The van der Waals surface area contributed by atoms with Crippen LogP contribution in [-0.4, -0.2) is 40.6 Å². The molecular weight excluding hydrogens is 271 g/mol. The summed E-state index contributed by atoms with van der Waals surface area (Å²) >= 11 is 0. The number of piperidine rings is 1. The van der Waals surface area contributed by atoms with Gasteiger partial charge in [-0.05, 0) is 37.0 Å². The van der Waals surface area contributed by atoms with Crippen molar-refractivity contribution in [3.63, 3.8) is 0 Å². The molecular formula is C16H17FN2O2. The van der Waals surface area contributed by atoms with Crippen molar-refractivity contribution in [2.24, 2.45) is 5.92 Å².